The smallest absolute Gasteiger partial charge is 0.240 e. The first-order chi connectivity index (χ1) is 9.00. The summed E-state index contributed by atoms with van der Waals surface area (Å²) in [6.45, 7) is 0. The largest absolute Gasteiger partial charge is 0.381 e. The molecule has 0 aliphatic heterocycles. The van der Waals surface area contributed by atoms with Crippen LogP contribution >= 0.6 is 0 Å². The molecule has 1 saturated carbocycles. The second-order valence-corrected chi connectivity index (χ2v) is 6.55. The van der Waals surface area contributed by atoms with E-state index in [1.807, 2.05) is 13.1 Å². The predicted molar refractivity (Wildman–Crippen MR) is 76.5 cm³/mol. The van der Waals surface area contributed by atoms with Gasteiger partial charge in [-0.1, -0.05) is 12.1 Å². The van der Waals surface area contributed by atoms with Gasteiger partial charge in [0.25, 0.3) is 0 Å². The topological polar surface area (TPSA) is 84.2 Å². The van der Waals surface area contributed by atoms with Crippen molar-refractivity contribution in [3.63, 3.8) is 0 Å². The van der Waals surface area contributed by atoms with E-state index >= 15 is 0 Å². The van der Waals surface area contributed by atoms with E-state index in [0.717, 1.165) is 25.7 Å². The van der Waals surface area contributed by atoms with Gasteiger partial charge in [0.15, 0.2) is 0 Å². The molecule has 0 bridgehead atoms. The van der Waals surface area contributed by atoms with Crippen molar-refractivity contribution in [3.05, 3.63) is 24.3 Å². The summed E-state index contributed by atoms with van der Waals surface area (Å²) in [6, 6.07) is 7.69. The Hall–Kier alpha value is -1.11. The van der Waals surface area contributed by atoms with E-state index in [2.05, 4.69) is 10.6 Å². The highest BCUT2D eigenvalue weighted by atomic mass is 32.2. The minimum atomic E-state index is -3.67. The van der Waals surface area contributed by atoms with Crippen molar-refractivity contribution in [2.45, 2.75) is 42.7 Å². The van der Waals surface area contributed by atoms with Gasteiger partial charge < -0.3 is 10.6 Å². The molecule has 0 unspecified atom stereocenters. The zero-order valence-corrected chi connectivity index (χ0v) is 11.9. The first kappa shape index (κ1) is 14.3. The number of benzene rings is 1. The molecule has 1 aliphatic rings. The van der Waals surface area contributed by atoms with Gasteiger partial charge in [-0.05, 0) is 44.9 Å². The lowest BCUT2D eigenvalue weighted by Crippen LogP contribution is -2.35. The number of nitrogens with one attached hydrogen (secondary N) is 2. The average molecular weight is 283 g/mol. The van der Waals surface area contributed by atoms with E-state index in [0.29, 0.717) is 17.8 Å². The highest BCUT2D eigenvalue weighted by molar-refractivity contribution is 7.89. The summed E-state index contributed by atoms with van der Waals surface area (Å²) in [5.41, 5.74) is 0.609. The van der Waals surface area contributed by atoms with Crippen LogP contribution in [0.1, 0.15) is 25.7 Å². The molecular weight excluding hydrogens is 262 g/mol. The van der Waals surface area contributed by atoms with E-state index < -0.39 is 10.0 Å². The van der Waals surface area contributed by atoms with E-state index in [1.54, 1.807) is 12.1 Å². The minimum absolute atomic E-state index is 0.172. The Morgan fingerprint density at radius 3 is 2.26 bits per heavy atom. The summed E-state index contributed by atoms with van der Waals surface area (Å²) < 4.78 is 23.0. The Morgan fingerprint density at radius 2 is 1.68 bits per heavy atom. The number of hydrogen-bond acceptors (Lipinski definition) is 4. The van der Waals surface area contributed by atoms with Crippen LogP contribution in [-0.4, -0.2) is 27.5 Å². The summed E-state index contributed by atoms with van der Waals surface area (Å²) in [6.07, 6.45) is 4.27. The van der Waals surface area contributed by atoms with Crippen molar-refractivity contribution in [2.75, 3.05) is 12.4 Å². The first-order valence-corrected chi connectivity index (χ1v) is 8.11. The Bertz CT molecular complexity index is 522. The average Bonchev–Trinajstić information content (AvgIpc) is 2.39. The number of anilines is 1. The van der Waals surface area contributed by atoms with Gasteiger partial charge >= 0.3 is 0 Å². The fourth-order valence-electron chi connectivity index (χ4n) is 2.58. The highest BCUT2D eigenvalue weighted by Gasteiger charge is 2.21. The summed E-state index contributed by atoms with van der Waals surface area (Å²) in [5.74, 6) is 0. The monoisotopic (exact) mass is 283 g/mol. The Kier molecular flexibility index (Phi) is 4.44. The molecule has 1 fully saturated rings. The van der Waals surface area contributed by atoms with Gasteiger partial charge in [-0.25, -0.2) is 13.6 Å². The molecule has 0 saturated heterocycles. The summed E-state index contributed by atoms with van der Waals surface area (Å²) in [7, 11) is -1.69. The maximum Gasteiger partial charge on any atom is 0.240 e. The predicted octanol–water partition coefficient (Wildman–Crippen LogP) is 1.28. The molecule has 1 aromatic rings. The quantitative estimate of drug-likeness (QED) is 0.777. The fourth-order valence-corrected chi connectivity index (χ4v) is 3.28. The Labute approximate surface area is 114 Å². The lowest BCUT2D eigenvalue weighted by Gasteiger charge is -2.30. The van der Waals surface area contributed by atoms with Crippen LogP contribution in [0.4, 0.5) is 5.69 Å². The van der Waals surface area contributed by atoms with Crippen molar-refractivity contribution in [3.8, 4) is 0 Å². The maximum absolute atomic E-state index is 11.5. The van der Waals surface area contributed by atoms with Crippen LogP contribution in [0.25, 0.3) is 0 Å². The second-order valence-electron chi connectivity index (χ2n) is 5.02. The van der Waals surface area contributed by atoms with Gasteiger partial charge in [0.1, 0.15) is 4.90 Å². The highest BCUT2D eigenvalue weighted by Crippen LogP contribution is 2.25. The minimum Gasteiger partial charge on any atom is -0.381 e. The molecule has 6 heteroatoms. The van der Waals surface area contributed by atoms with Crippen molar-refractivity contribution in [1.82, 2.24) is 5.32 Å². The van der Waals surface area contributed by atoms with Crippen LogP contribution in [0, 0.1) is 0 Å². The first-order valence-electron chi connectivity index (χ1n) is 6.56. The maximum atomic E-state index is 11.5. The van der Waals surface area contributed by atoms with Gasteiger partial charge in [-0.2, -0.15) is 0 Å². The van der Waals surface area contributed by atoms with Crippen LogP contribution in [0.3, 0.4) is 0 Å². The Balaban J connectivity index is 2.08. The molecule has 106 valence electrons. The third kappa shape index (κ3) is 3.68. The fraction of sp³-hybridized carbons (Fsp3) is 0.538. The Morgan fingerprint density at radius 1 is 1.11 bits per heavy atom. The van der Waals surface area contributed by atoms with Gasteiger partial charge in [0, 0.05) is 12.1 Å². The van der Waals surface area contributed by atoms with E-state index in [-0.39, 0.29) is 4.90 Å². The van der Waals surface area contributed by atoms with Crippen molar-refractivity contribution in [2.24, 2.45) is 5.14 Å². The molecule has 5 nitrogen and oxygen atoms in total. The zero-order valence-electron chi connectivity index (χ0n) is 11.1. The number of sulfonamides is 1. The zero-order chi connectivity index (χ0) is 13.9. The lowest BCUT2D eigenvalue weighted by atomic mass is 9.91. The molecule has 0 aromatic heterocycles. The van der Waals surface area contributed by atoms with E-state index in [4.69, 9.17) is 5.14 Å². The number of rotatable bonds is 4. The van der Waals surface area contributed by atoms with Crippen LogP contribution in [0.15, 0.2) is 29.2 Å². The van der Waals surface area contributed by atoms with Crippen LogP contribution in [0.5, 0.6) is 0 Å². The molecule has 1 aliphatic carbocycles. The molecule has 2 rings (SSSR count). The number of primary sulfonamides is 1. The summed E-state index contributed by atoms with van der Waals surface area (Å²) >= 11 is 0. The van der Waals surface area contributed by atoms with Crippen molar-refractivity contribution >= 4 is 15.7 Å². The van der Waals surface area contributed by atoms with Gasteiger partial charge in [-0.15, -0.1) is 0 Å². The summed E-state index contributed by atoms with van der Waals surface area (Å²) in [5, 5.41) is 11.8. The van der Waals surface area contributed by atoms with Crippen molar-refractivity contribution < 1.29 is 8.42 Å². The molecule has 19 heavy (non-hydrogen) atoms. The van der Waals surface area contributed by atoms with Gasteiger partial charge in [0.2, 0.25) is 10.0 Å². The molecular formula is C13H21N3O2S. The molecule has 0 radical (unpaired) electrons. The van der Waals surface area contributed by atoms with E-state index in [1.165, 1.54) is 6.07 Å². The third-order valence-corrected chi connectivity index (χ3v) is 4.66. The lowest BCUT2D eigenvalue weighted by molar-refractivity contribution is 0.371. The number of hydrogen-bond donors (Lipinski definition) is 3. The summed E-state index contributed by atoms with van der Waals surface area (Å²) in [4.78, 5) is 0.172. The van der Waals surface area contributed by atoms with Crippen molar-refractivity contribution in [1.29, 1.82) is 0 Å². The third-order valence-electron chi connectivity index (χ3n) is 3.69. The number of para-hydroxylation sites is 1. The van der Waals surface area contributed by atoms with Gasteiger partial charge in [-0.3, -0.25) is 0 Å². The second kappa shape index (κ2) is 5.90. The molecule has 0 amide bonds. The van der Waals surface area contributed by atoms with Crippen LogP contribution in [0.2, 0.25) is 0 Å². The SMILES string of the molecule is CNC1CCC(Nc2ccccc2S(N)(=O)=O)CC1. The van der Waals surface area contributed by atoms with Gasteiger partial charge in [0.05, 0.1) is 5.69 Å². The van der Waals surface area contributed by atoms with Crippen LogP contribution in [-0.2, 0) is 10.0 Å². The number of nitrogens with two attached hydrogens (primary N) is 1. The van der Waals surface area contributed by atoms with Crippen LogP contribution < -0.4 is 15.8 Å². The van der Waals surface area contributed by atoms with E-state index in [9.17, 15) is 8.42 Å². The normalized spacial score (nSPS) is 24.1. The standard InChI is InChI=1S/C13H21N3O2S/c1-15-10-6-8-11(9-7-10)16-12-4-2-3-5-13(12)19(14,17)18/h2-5,10-11,15-16H,6-9H2,1H3,(H2,14,17,18). The molecule has 0 heterocycles. The molecule has 1 aromatic carbocycles. The molecule has 4 N–H and O–H groups in total. The molecule has 0 atom stereocenters. The molecule has 0 spiro atoms.